The third-order valence-corrected chi connectivity index (χ3v) is 2.96. The Morgan fingerprint density at radius 2 is 2.31 bits per heavy atom. The molecule has 3 atom stereocenters. The van der Waals surface area contributed by atoms with Crippen molar-refractivity contribution in [3.05, 3.63) is 13.3 Å². The Hall–Kier alpha value is -0.120. The van der Waals surface area contributed by atoms with E-state index in [1.165, 1.54) is 19.3 Å². The van der Waals surface area contributed by atoms with Gasteiger partial charge in [0.05, 0.1) is 25.4 Å². The maximum atomic E-state index is 5.23. The van der Waals surface area contributed by atoms with Gasteiger partial charge in [0.15, 0.2) is 0 Å². The first-order valence-electron chi connectivity index (χ1n) is 6.37. The zero-order chi connectivity index (χ0) is 11.2. The number of hydrogen-bond donors (Lipinski definition) is 0. The van der Waals surface area contributed by atoms with Crippen LogP contribution in [0.25, 0.3) is 0 Å². The van der Waals surface area contributed by atoms with Gasteiger partial charge in [0.25, 0.3) is 0 Å². The summed E-state index contributed by atoms with van der Waals surface area (Å²) in [5.41, 5.74) is 0. The summed E-state index contributed by atoms with van der Waals surface area (Å²) in [6.07, 6.45) is 9.88. The second kappa shape index (κ2) is 6.58. The van der Waals surface area contributed by atoms with Crippen LogP contribution in [-0.4, -0.2) is 38.1 Å². The molecule has 0 spiro atoms. The molecule has 0 aromatic carbocycles. The third kappa shape index (κ3) is 4.81. The van der Waals surface area contributed by atoms with E-state index >= 15 is 0 Å². The molecular formula is C13H22O3. The van der Waals surface area contributed by atoms with Gasteiger partial charge < -0.3 is 14.2 Å². The van der Waals surface area contributed by atoms with Gasteiger partial charge in [0.1, 0.15) is 6.10 Å². The minimum Gasteiger partial charge on any atom is -0.379 e. The van der Waals surface area contributed by atoms with Gasteiger partial charge in [-0.15, -0.1) is 0 Å². The van der Waals surface area contributed by atoms with Gasteiger partial charge in [-0.25, -0.2) is 0 Å². The molecule has 3 aliphatic rings. The van der Waals surface area contributed by atoms with E-state index < -0.39 is 0 Å². The smallest absolute Gasteiger partial charge is 0.104 e. The number of rotatable bonds is 5. The van der Waals surface area contributed by atoms with Crippen molar-refractivity contribution in [2.75, 3.05) is 19.8 Å². The summed E-state index contributed by atoms with van der Waals surface area (Å²) in [5, 5.41) is 0. The lowest BCUT2D eigenvalue weighted by Crippen LogP contribution is -2.01. The molecule has 3 rings (SSSR count). The van der Waals surface area contributed by atoms with Gasteiger partial charge in [-0.1, -0.05) is 19.8 Å². The van der Waals surface area contributed by atoms with E-state index in [9.17, 15) is 0 Å². The number of hydrogen-bond acceptors (Lipinski definition) is 3. The van der Waals surface area contributed by atoms with E-state index in [0.29, 0.717) is 18.3 Å². The average molecular weight is 226 g/mol. The normalized spacial score (nSPS) is 34.7. The lowest BCUT2D eigenvalue weighted by Gasteiger charge is -1.99. The quantitative estimate of drug-likeness (QED) is 0.532. The molecule has 3 nitrogen and oxygen atoms in total. The zero-order valence-corrected chi connectivity index (χ0v) is 9.90. The first-order chi connectivity index (χ1) is 7.90. The van der Waals surface area contributed by atoms with Gasteiger partial charge in [0.2, 0.25) is 0 Å². The second-order valence-corrected chi connectivity index (χ2v) is 4.54. The van der Waals surface area contributed by atoms with Crippen molar-refractivity contribution in [2.45, 2.75) is 50.4 Å². The Labute approximate surface area is 98.4 Å². The summed E-state index contributed by atoms with van der Waals surface area (Å²) in [6, 6.07) is 0. The van der Waals surface area contributed by atoms with E-state index in [0.717, 1.165) is 32.7 Å². The fraction of sp³-hybridized carbons (Fsp3) is 0.846. The number of fused-ring (bicyclic) bond motifs is 1. The molecule has 2 saturated heterocycles. The molecule has 16 heavy (non-hydrogen) atoms. The predicted molar refractivity (Wildman–Crippen MR) is 62.0 cm³/mol. The van der Waals surface area contributed by atoms with Gasteiger partial charge in [-0.05, 0) is 25.7 Å². The summed E-state index contributed by atoms with van der Waals surface area (Å²) in [6.45, 7) is 6.21. The van der Waals surface area contributed by atoms with Crippen LogP contribution < -0.4 is 0 Å². The fourth-order valence-electron chi connectivity index (χ4n) is 1.78. The minimum atomic E-state index is 0.412. The Morgan fingerprint density at radius 3 is 2.88 bits per heavy atom. The molecule has 0 N–H and O–H groups in total. The molecule has 0 aromatic heterocycles. The van der Waals surface area contributed by atoms with Crippen molar-refractivity contribution >= 4 is 0 Å². The molecule has 3 fully saturated rings. The first kappa shape index (κ1) is 12.3. The van der Waals surface area contributed by atoms with Gasteiger partial charge in [-0.3, -0.25) is 0 Å². The van der Waals surface area contributed by atoms with Gasteiger partial charge in [0, 0.05) is 6.61 Å². The van der Waals surface area contributed by atoms with Gasteiger partial charge >= 0.3 is 0 Å². The van der Waals surface area contributed by atoms with Crippen molar-refractivity contribution in [1.82, 2.24) is 0 Å². The average Bonchev–Trinajstić information content (AvgIpc) is 3.17. The summed E-state index contributed by atoms with van der Waals surface area (Å²) < 4.78 is 15.4. The van der Waals surface area contributed by atoms with Crippen molar-refractivity contribution < 1.29 is 14.2 Å². The third-order valence-electron chi connectivity index (χ3n) is 2.96. The van der Waals surface area contributed by atoms with Crippen LogP contribution >= 0.6 is 0 Å². The SMILES string of the molecule is [CH2]CCCOCC1CO1.[CH]1CCCC2OC12. The number of ether oxygens (including phenoxy) is 3. The monoisotopic (exact) mass is 226 g/mol. The fourth-order valence-corrected chi connectivity index (χ4v) is 1.78. The van der Waals surface area contributed by atoms with Crippen LogP contribution in [0.3, 0.4) is 0 Å². The highest BCUT2D eigenvalue weighted by Gasteiger charge is 2.40. The molecule has 92 valence electrons. The Bertz CT molecular complexity index is 182. The summed E-state index contributed by atoms with van der Waals surface area (Å²) in [4.78, 5) is 0. The van der Waals surface area contributed by atoms with Crippen molar-refractivity contribution in [1.29, 1.82) is 0 Å². The zero-order valence-electron chi connectivity index (χ0n) is 9.90. The largest absolute Gasteiger partial charge is 0.379 e. The molecule has 3 heteroatoms. The van der Waals surface area contributed by atoms with Crippen molar-refractivity contribution in [3.63, 3.8) is 0 Å². The maximum Gasteiger partial charge on any atom is 0.104 e. The molecule has 0 bridgehead atoms. The highest BCUT2D eigenvalue weighted by Crippen LogP contribution is 2.35. The molecule has 1 aliphatic carbocycles. The van der Waals surface area contributed by atoms with Crippen LogP contribution in [0, 0.1) is 13.3 Å². The highest BCUT2D eigenvalue weighted by atomic mass is 16.6. The standard InChI is InChI=1S/C7H13O2.C6H9O/c1-2-3-4-8-5-7-6-9-7;1-2-4-6-5(3-1)7-6/h7H,1-6H2;3,5-6H,1-2,4H2. The molecule has 1 saturated carbocycles. The number of unbranched alkanes of at least 4 members (excludes halogenated alkanes) is 1. The van der Waals surface area contributed by atoms with Crippen LogP contribution in [0.4, 0.5) is 0 Å². The van der Waals surface area contributed by atoms with E-state index in [1.807, 2.05) is 0 Å². The lowest BCUT2D eigenvalue weighted by atomic mass is 10.0. The Balaban J connectivity index is 0.000000123. The van der Waals surface area contributed by atoms with Crippen molar-refractivity contribution in [2.24, 2.45) is 0 Å². The van der Waals surface area contributed by atoms with E-state index in [2.05, 4.69) is 13.3 Å². The molecular weight excluding hydrogens is 204 g/mol. The van der Waals surface area contributed by atoms with E-state index in [-0.39, 0.29) is 0 Å². The van der Waals surface area contributed by atoms with Crippen molar-refractivity contribution in [3.8, 4) is 0 Å². The molecule has 0 aromatic rings. The highest BCUT2D eigenvalue weighted by molar-refractivity contribution is 4.99. The van der Waals surface area contributed by atoms with E-state index in [1.54, 1.807) is 0 Å². The summed E-state index contributed by atoms with van der Waals surface area (Å²) in [5.74, 6) is 0. The lowest BCUT2D eigenvalue weighted by molar-refractivity contribution is 0.115. The Morgan fingerprint density at radius 1 is 1.44 bits per heavy atom. The predicted octanol–water partition coefficient (Wildman–Crippen LogP) is 2.16. The van der Waals surface area contributed by atoms with Crippen LogP contribution in [0.15, 0.2) is 0 Å². The topological polar surface area (TPSA) is 34.3 Å². The maximum absolute atomic E-state index is 5.23. The van der Waals surface area contributed by atoms with E-state index in [4.69, 9.17) is 14.2 Å². The molecule has 2 radical (unpaired) electrons. The van der Waals surface area contributed by atoms with Crippen LogP contribution in [0.1, 0.15) is 32.1 Å². The minimum absolute atomic E-state index is 0.412. The number of epoxide rings is 2. The Kier molecular flexibility index (Phi) is 5.07. The van der Waals surface area contributed by atoms with Crippen LogP contribution in [0.2, 0.25) is 0 Å². The summed E-state index contributed by atoms with van der Waals surface area (Å²) >= 11 is 0. The summed E-state index contributed by atoms with van der Waals surface area (Å²) in [7, 11) is 0. The van der Waals surface area contributed by atoms with Crippen LogP contribution in [0.5, 0.6) is 0 Å². The molecule has 2 aliphatic heterocycles. The second-order valence-electron chi connectivity index (χ2n) is 4.54. The van der Waals surface area contributed by atoms with Gasteiger partial charge in [-0.2, -0.15) is 0 Å². The molecule has 3 unspecified atom stereocenters. The molecule has 0 amide bonds. The molecule has 2 heterocycles. The first-order valence-corrected chi connectivity index (χ1v) is 6.37. The van der Waals surface area contributed by atoms with Crippen LogP contribution in [-0.2, 0) is 14.2 Å².